The molecule has 3 rings (SSSR count). The summed E-state index contributed by atoms with van der Waals surface area (Å²) in [5.41, 5.74) is 0.569. The van der Waals surface area contributed by atoms with Gasteiger partial charge in [-0.3, -0.25) is 14.6 Å². The summed E-state index contributed by atoms with van der Waals surface area (Å²) in [4.78, 5) is 28.8. The van der Waals surface area contributed by atoms with Crippen LogP contribution in [0.15, 0.2) is 59.7 Å². The summed E-state index contributed by atoms with van der Waals surface area (Å²) >= 11 is 0. The lowest BCUT2D eigenvalue weighted by atomic mass is 10.1. The highest BCUT2D eigenvalue weighted by molar-refractivity contribution is 5.92. The van der Waals surface area contributed by atoms with Crippen LogP contribution in [-0.4, -0.2) is 20.7 Å². The lowest BCUT2D eigenvalue weighted by Gasteiger charge is -2.15. The van der Waals surface area contributed by atoms with Crippen molar-refractivity contribution in [2.75, 3.05) is 0 Å². The van der Waals surface area contributed by atoms with Crippen molar-refractivity contribution in [3.05, 3.63) is 87.9 Å². The second kappa shape index (κ2) is 7.26. The quantitative estimate of drug-likeness (QED) is 0.783. The zero-order chi connectivity index (χ0) is 18.7. The van der Waals surface area contributed by atoms with Crippen molar-refractivity contribution in [3.8, 4) is 5.69 Å². The highest BCUT2D eigenvalue weighted by Crippen LogP contribution is 2.14. The lowest BCUT2D eigenvalue weighted by Crippen LogP contribution is -2.33. The van der Waals surface area contributed by atoms with E-state index in [9.17, 15) is 14.0 Å². The zero-order valence-electron chi connectivity index (χ0n) is 14.3. The van der Waals surface area contributed by atoms with Crippen LogP contribution >= 0.6 is 0 Å². The van der Waals surface area contributed by atoms with Crippen LogP contribution in [0.3, 0.4) is 0 Å². The summed E-state index contributed by atoms with van der Waals surface area (Å²) < 4.78 is 15.3. The number of nitrogens with one attached hydrogen (secondary N) is 1. The van der Waals surface area contributed by atoms with E-state index in [0.717, 1.165) is 5.56 Å². The molecule has 3 aromatic rings. The van der Waals surface area contributed by atoms with Crippen LogP contribution in [0.2, 0.25) is 0 Å². The number of amides is 1. The Hall–Kier alpha value is -3.35. The normalized spacial score (nSPS) is 11.8. The van der Waals surface area contributed by atoms with Crippen molar-refractivity contribution in [1.82, 2.24) is 20.1 Å². The van der Waals surface area contributed by atoms with Gasteiger partial charge in [-0.25, -0.2) is 9.07 Å². The summed E-state index contributed by atoms with van der Waals surface area (Å²) in [6.45, 7) is 3.40. The van der Waals surface area contributed by atoms with E-state index in [1.165, 1.54) is 22.9 Å². The summed E-state index contributed by atoms with van der Waals surface area (Å²) in [6.07, 6.45) is 3.26. The van der Waals surface area contributed by atoms with Gasteiger partial charge in [-0.2, -0.15) is 5.10 Å². The Morgan fingerprint density at radius 2 is 2.00 bits per heavy atom. The number of rotatable bonds is 4. The second-order valence-corrected chi connectivity index (χ2v) is 5.84. The average Bonchev–Trinajstić information content (AvgIpc) is 2.63. The minimum absolute atomic E-state index is 0.166. The van der Waals surface area contributed by atoms with E-state index in [1.807, 2.05) is 6.07 Å². The maximum atomic E-state index is 14.1. The van der Waals surface area contributed by atoms with Crippen molar-refractivity contribution >= 4 is 5.91 Å². The first-order valence-electron chi connectivity index (χ1n) is 8.04. The fourth-order valence-corrected chi connectivity index (χ4v) is 2.55. The summed E-state index contributed by atoms with van der Waals surface area (Å²) in [5.74, 6) is -1.13. The Morgan fingerprint density at radius 1 is 1.23 bits per heavy atom. The minimum Gasteiger partial charge on any atom is -0.344 e. The number of para-hydroxylation sites is 1. The van der Waals surface area contributed by atoms with Gasteiger partial charge in [0.15, 0.2) is 5.69 Å². The molecule has 0 aliphatic carbocycles. The SMILES string of the molecule is Cc1cc(=O)c(C(=O)NC(C)c2cccnc2)nn1-c1ccccc1F. The molecule has 1 atom stereocenters. The van der Waals surface area contributed by atoms with Crippen LogP contribution in [0.4, 0.5) is 4.39 Å². The van der Waals surface area contributed by atoms with Crippen molar-refractivity contribution in [1.29, 1.82) is 0 Å². The molecule has 2 heterocycles. The lowest BCUT2D eigenvalue weighted by molar-refractivity contribution is 0.0931. The van der Waals surface area contributed by atoms with Crippen LogP contribution in [-0.2, 0) is 0 Å². The Bertz CT molecular complexity index is 1000. The maximum absolute atomic E-state index is 14.1. The third kappa shape index (κ3) is 3.51. The smallest absolute Gasteiger partial charge is 0.276 e. The molecule has 7 heteroatoms. The monoisotopic (exact) mass is 352 g/mol. The molecule has 2 aromatic heterocycles. The molecule has 0 saturated carbocycles. The zero-order valence-corrected chi connectivity index (χ0v) is 14.3. The van der Waals surface area contributed by atoms with Crippen molar-refractivity contribution in [2.24, 2.45) is 0 Å². The van der Waals surface area contributed by atoms with E-state index >= 15 is 0 Å². The third-order valence-corrected chi connectivity index (χ3v) is 3.94. The highest BCUT2D eigenvalue weighted by Gasteiger charge is 2.18. The first-order chi connectivity index (χ1) is 12.5. The molecule has 0 spiro atoms. The number of carbonyl (C=O) groups excluding carboxylic acids is 1. The summed E-state index contributed by atoms with van der Waals surface area (Å²) in [5, 5.41) is 6.80. The number of aromatic nitrogens is 3. The molecule has 0 radical (unpaired) electrons. The standard InChI is InChI=1S/C19H17FN4O2/c1-12-10-17(25)18(23-24(12)16-8-4-3-7-15(16)20)19(26)22-13(2)14-6-5-9-21-11-14/h3-11,13H,1-2H3,(H,22,26). The fourth-order valence-electron chi connectivity index (χ4n) is 2.55. The number of pyridine rings is 1. The van der Waals surface area contributed by atoms with E-state index in [4.69, 9.17) is 0 Å². The van der Waals surface area contributed by atoms with Gasteiger partial charge in [-0.1, -0.05) is 18.2 Å². The molecule has 1 amide bonds. The van der Waals surface area contributed by atoms with E-state index < -0.39 is 17.2 Å². The number of hydrogen-bond acceptors (Lipinski definition) is 4. The number of carbonyl (C=O) groups is 1. The molecular weight excluding hydrogens is 335 g/mol. The van der Waals surface area contributed by atoms with Gasteiger partial charge in [-0.15, -0.1) is 0 Å². The first-order valence-corrected chi connectivity index (χ1v) is 8.04. The van der Waals surface area contributed by atoms with Gasteiger partial charge < -0.3 is 5.32 Å². The molecule has 1 aromatic carbocycles. The molecule has 132 valence electrons. The molecule has 6 nitrogen and oxygen atoms in total. The van der Waals surface area contributed by atoms with Crippen molar-refractivity contribution in [2.45, 2.75) is 19.9 Å². The van der Waals surface area contributed by atoms with E-state index in [2.05, 4.69) is 15.4 Å². The predicted octanol–water partition coefficient (Wildman–Crippen LogP) is 2.57. The second-order valence-electron chi connectivity index (χ2n) is 5.84. The van der Waals surface area contributed by atoms with E-state index in [0.29, 0.717) is 5.69 Å². The third-order valence-electron chi connectivity index (χ3n) is 3.94. The number of benzene rings is 1. The largest absolute Gasteiger partial charge is 0.344 e. The maximum Gasteiger partial charge on any atom is 0.276 e. The fraction of sp³-hybridized carbons (Fsp3) is 0.158. The molecule has 0 bridgehead atoms. The number of hydrogen-bond donors (Lipinski definition) is 1. The Balaban J connectivity index is 1.95. The minimum atomic E-state index is -0.628. The van der Waals surface area contributed by atoms with Crippen LogP contribution < -0.4 is 10.7 Å². The van der Waals surface area contributed by atoms with Gasteiger partial charge in [0, 0.05) is 24.2 Å². The van der Waals surface area contributed by atoms with Crippen LogP contribution in [0.5, 0.6) is 0 Å². The number of nitrogens with zero attached hydrogens (tertiary/aromatic N) is 3. The van der Waals surface area contributed by atoms with Gasteiger partial charge in [-0.05, 0) is 37.6 Å². The van der Waals surface area contributed by atoms with Gasteiger partial charge in [0.25, 0.3) is 5.91 Å². The van der Waals surface area contributed by atoms with Gasteiger partial charge >= 0.3 is 0 Å². The molecule has 26 heavy (non-hydrogen) atoms. The van der Waals surface area contributed by atoms with Crippen molar-refractivity contribution < 1.29 is 9.18 Å². The first kappa shape index (κ1) is 17.5. The molecule has 1 unspecified atom stereocenters. The van der Waals surface area contributed by atoms with E-state index in [1.54, 1.807) is 44.4 Å². The molecular formula is C19H17FN4O2. The molecule has 0 aliphatic rings. The summed E-state index contributed by atoms with van der Waals surface area (Å²) in [7, 11) is 0. The highest BCUT2D eigenvalue weighted by atomic mass is 19.1. The van der Waals surface area contributed by atoms with E-state index in [-0.39, 0.29) is 17.4 Å². The Morgan fingerprint density at radius 3 is 2.69 bits per heavy atom. The van der Waals surface area contributed by atoms with Gasteiger partial charge in [0.05, 0.1) is 6.04 Å². The molecule has 0 aliphatic heterocycles. The van der Waals surface area contributed by atoms with Crippen LogP contribution in [0.25, 0.3) is 5.69 Å². The van der Waals surface area contributed by atoms with Crippen LogP contribution in [0, 0.1) is 12.7 Å². The predicted molar refractivity (Wildman–Crippen MR) is 94.6 cm³/mol. The Kier molecular flexibility index (Phi) is 4.88. The number of halogens is 1. The Labute approximate surface area is 149 Å². The number of aryl methyl sites for hydroxylation is 1. The van der Waals surface area contributed by atoms with Gasteiger partial charge in [0.2, 0.25) is 5.43 Å². The topological polar surface area (TPSA) is 76.9 Å². The van der Waals surface area contributed by atoms with Crippen molar-refractivity contribution in [3.63, 3.8) is 0 Å². The molecule has 0 fully saturated rings. The van der Waals surface area contributed by atoms with Crippen LogP contribution in [0.1, 0.15) is 34.7 Å². The molecule has 1 N–H and O–H groups in total. The molecule has 0 saturated heterocycles. The van der Waals surface area contributed by atoms with Gasteiger partial charge in [0.1, 0.15) is 11.5 Å². The summed E-state index contributed by atoms with van der Waals surface area (Å²) in [6, 6.07) is 10.5. The average molecular weight is 352 g/mol.